The van der Waals surface area contributed by atoms with Crippen LogP contribution in [0.15, 0.2) is 0 Å². The van der Waals surface area contributed by atoms with Gasteiger partial charge in [-0.1, -0.05) is 0 Å². The maximum atomic E-state index is 11.7. The lowest BCUT2D eigenvalue weighted by Gasteiger charge is -2.07. The second kappa shape index (κ2) is 4.49. The van der Waals surface area contributed by atoms with Gasteiger partial charge in [0, 0.05) is 5.69 Å². The van der Waals surface area contributed by atoms with Gasteiger partial charge in [-0.3, -0.25) is 0 Å². The van der Waals surface area contributed by atoms with Crippen molar-refractivity contribution in [3.05, 3.63) is 22.5 Å². The van der Waals surface area contributed by atoms with E-state index in [4.69, 9.17) is 4.74 Å². The molecule has 0 saturated heterocycles. The van der Waals surface area contributed by atoms with E-state index in [0.717, 1.165) is 16.8 Å². The van der Waals surface area contributed by atoms with Crippen molar-refractivity contribution in [2.45, 2.75) is 34.4 Å². The summed E-state index contributed by atoms with van der Waals surface area (Å²) in [5.74, 6) is -0.375. The highest BCUT2D eigenvalue weighted by atomic mass is 16.5. The summed E-state index contributed by atoms with van der Waals surface area (Å²) in [6.07, 6.45) is 0. The van der Waals surface area contributed by atoms with Gasteiger partial charge in [-0.25, -0.2) is 4.79 Å². The van der Waals surface area contributed by atoms with E-state index in [1.54, 1.807) is 11.5 Å². The summed E-state index contributed by atoms with van der Waals surface area (Å²) >= 11 is 0. The van der Waals surface area contributed by atoms with Gasteiger partial charge in [-0.15, -0.1) is 0 Å². The first-order valence-corrected chi connectivity index (χ1v) is 4.98. The van der Waals surface area contributed by atoms with Crippen molar-refractivity contribution in [3.63, 3.8) is 0 Å². The van der Waals surface area contributed by atoms with Crippen LogP contribution >= 0.6 is 0 Å². The van der Waals surface area contributed by atoms with Gasteiger partial charge in [0.1, 0.15) is 12.4 Å². The van der Waals surface area contributed by atoms with Gasteiger partial charge in [-0.05, 0) is 38.8 Å². The van der Waals surface area contributed by atoms with Gasteiger partial charge in [0.05, 0.1) is 6.61 Å². The van der Waals surface area contributed by atoms with Crippen LogP contribution in [0.2, 0.25) is 0 Å². The second-order valence-electron chi connectivity index (χ2n) is 3.47. The number of hydrogen-bond acceptors (Lipinski definition) is 3. The molecule has 0 bridgehead atoms. The van der Waals surface area contributed by atoms with Crippen molar-refractivity contribution in [1.29, 1.82) is 0 Å². The van der Waals surface area contributed by atoms with Gasteiger partial charge in [0.25, 0.3) is 0 Å². The minimum atomic E-state index is -0.375. The number of rotatable bonds is 3. The fraction of sp³-hybridized carbons (Fsp3) is 0.545. The van der Waals surface area contributed by atoms with E-state index in [9.17, 15) is 9.90 Å². The molecule has 0 aliphatic carbocycles. The largest absolute Gasteiger partial charge is 0.461 e. The van der Waals surface area contributed by atoms with Crippen LogP contribution in [0.25, 0.3) is 0 Å². The maximum absolute atomic E-state index is 11.7. The Morgan fingerprint density at radius 3 is 2.40 bits per heavy atom. The van der Waals surface area contributed by atoms with Gasteiger partial charge in [0.15, 0.2) is 0 Å². The standard InChI is InChI=1S/C11H17NO3/c1-5-15-11(14)10-8(3)7(2)9(4)12(10)6-13/h13H,5-6H2,1-4H3. The number of nitrogens with zero attached hydrogens (tertiary/aromatic N) is 1. The third-order valence-electron chi connectivity index (χ3n) is 2.75. The van der Waals surface area contributed by atoms with E-state index in [1.807, 2.05) is 20.8 Å². The number of aliphatic hydroxyl groups is 1. The molecule has 1 heterocycles. The Bertz CT molecular complexity index is 380. The molecule has 0 aliphatic rings. The normalized spacial score (nSPS) is 10.5. The highest BCUT2D eigenvalue weighted by Gasteiger charge is 2.20. The second-order valence-corrected chi connectivity index (χ2v) is 3.47. The van der Waals surface area contributed by atoms with Crippen molar-refractivity contribution in [3.8, 4) is 0 Å². The van der Waals surface area contributed by atoms with E-state index < -0.39 is 0 Å². The van der Waals surface area contributed by atoms with Gasteiger partial charge < -0.3 is 14.4 Å². The van der Waals surface area contributed by atoms with Crippen molar-refractivity contribution in [2.75, 3.05) is 6.61 Å². The van der Waals surface area contributed by atoms with E-state index >= 15 is 0 Å². The highest BCUT2D eigenvalue weighted by molar-refractivity contribution is 5.90. The quantitative estimate of drug-likeness (QED) is 0.771. The third kappa shape index (κ3) is 1.90. The molecule has 4 nitrogen and oxygen atoms in total. The predicted molar refractivity (Wildman–Crippen MR) is 56.8 cm³/mol. The molecular formula is C11H17NO3. The first-order chi connectivity index (χ1) is 7.04. The van der Waals surface area contributed by atoms with Crippen LogP contribution in [0.5, 0.6) is 0 Å². The van der Waals surface area contributed by atoms with Crippen LogP contribution in [-0.2, 0) is 11.5 Å². The van der Waals surface area contributed by atoms with Gasteiger partial charge in [-0.2, -0.15) is 0 Å². The van der Waals surface area contributed by atoms with E-state index in [1.165, 1.54) is 0 Å². The lowest BCUT2D eigenvalue weighted by atomic mass is 10.1. The molecule has 4 heteroatoms. The summed E-state index contributed by atoms with van der Waals surface area (Å²) < 4.78 is 6.52. The molecule has 0 atom stereocenters. The molecule has 1 aromatic rings. The average molecular weight is 211 g/mol. The minimum absolute atomic E-state index is 0.200. The number of esters is 1. The van der Waals surface area contributed by atoms with Crippen molar-refractivity contribution < 1.29 is 14.6 Å². The molecular weight excluding hydrogens is 194 g/mol. The van der Waals surface area contributed by atoms with Gasteiger partial charge in [0.2, 0.25) is 0 Å². The topological polar surface area (TPSA) is 51.5 Å². The Labute approximate surface area is 89.5 Å². The summed E-state index contributed by atoms with van der Waals surface area (Å²) in [4.78, 5) is 11.7. The minimum Gasteiger partial charge on any atom is -0.461 e. The van der Waals surface area contributed by atoms with Crippen molar-refractivity contribution >= 4 is 5.97 Å². The van der Waals surface area contributed by atoms with Crippen LogP contribution in [0, 0.1) is 20.8 Å². The molecule has 0 aliphatic heterocycles. The number of aliphatic hydroxyl groups excluding tert-OH is 1. The molecule has 0 aromatic carbocycles. The molecule has 0 spiro atoms. The number of ether oxygens (including phenoxy) is 1. The summed E-state index contributed by atoms with van der Waals surface area (Å²) in [5, 5.41) is 9.21. The lowest BCUT2D eigenvalue weighted by Crippen LogP contribution is -2.14. The first-order valence-electron chi connectivity index (χ1n) is 4.98. The fourth-order valence-corrected chi connectivity index (χ4v) is 1.66. The summed E-state index contributed by atoms with van der Waals surface area (Å²) in [7, 11) is 0. The molecule has 1 rings (SSSR count). The first kappa shape index (κ1) is 11.8. The summed E-state index contributed by atoms with van der Waals surface area (Å²) in [6.45, 7) is 7.57. The molecule has 0 unspecified atom stereocenters. The molecule has 0 radical (unpaired) electrons. The van der Waals surface area contributed by atoms with Crippen LogP contribution in [0.4, 0.5) is 0 Å². The zero-order chi connectivity index (χ0) is 11.6. The van der Waals surface area contributed by atoms with Gasteiger partial charge >= 0.3 is 5.97 Å². The highest BCUT2D eigenvalue weighted by Crippen LogP contribution is 2.21. The van der Waals surface area contributed by atoms with Crippen molar-refractivity contribution in [1.82, 2.24) is 4.57 Å². The predicted octanol–water partition coefficient (Wildman–Crippen LogP) is 1.54. The molecule has 1 N–H and O–H groups in total. The number of carbonyl (C=O) groups is 1. The fourth-order valence-electron chi connectivity index (χ4n) is 1.66. The van der Waals surface area contributed by atoms with E-state index in [0.29, 0.717) is 12.3 Å². The SMILES string of the molecule is CCOC(=O)c1c(C)c(C)c(C)n1CO. The Balaban J connectivity index is 3.27. The molecule has 1 aromatic heterocycles. The Morgan fingerprint density at radius 2 is 1.93 bits per heavy atom. The molecule has 0 saturated carbocycles. The number of hydrogen-bond donors (Lipinski definition) is 1. The van der Waals surface area contributed by atoms with E-state index in [2.05, 4.69) is 0 Å². The average Bonchev–Trinajstić information content (AvgIpc) is 2.42. The van der Waals surface area contributed by atoms with E-state index in [-0.39, 0.29) is 12.7 Å². The summed E-state index contributed by atoms with van der Waals surface area (Å²) in [6, 6.07) is 0. The Kier molecular flexibility index (Phi) is 3.52. The zero-order valence-corrected chi connectivity index (χ0v) is 9.63. The Morgan fingerprint density at radius 1 is 1.33 bits per heavy atom. The number of aromatic nitrogens is 1. The number of carbonyl (C=O) groups excluding carboxylic acids is 1. The van der Waals surface area contributed by atoms with Crippen LogP contribution in [0.3, 0.4) is 0 Å². The zero-order valence-electron chi connectivity index (χ0n) is 9.63. The van der Waals surface area contributed by atoms with Crippen LogP contribution in [-0.4, -0.2) is 22.2 Å². The van der Waals surface area contributed by atoms with Crippen LogP contribution < -0.4 is 0 Å². The molecule has 15 heavy (non-hydrogen) atoms. The third-order valence-corrected chi connectivity index (χ3v) is 2.75. The molecule has 0 fully saturated rings. The molecule has 0 amide bonds. The summed E-state index contributed by atoms with van der Waals surface area (Å²) in [5.41, 5.74) is 3.25. The lowest BCUT2D eigenvalue weighted by molar-refractivity contribution is 0.0501. The Hall–Kier alpha value is -1.29. The van der Waals surface area contributed by atoms with Crippen molar-refractivity contribution in [2.24, 2.45) is 0 Å². The monoisotopic (exact) mass is 211 g/mol. The smallest absolute Gasteiger partial charge is 0.355 e. The molecule has 84 valence electrons. The van der Waals surface area contributed by atoms with Crippen LogP contribution in [0.1, 0.15) is 34.2 Å². The maximum Gasteiger partial charge on any atom is 0.355 e.